The minimum absolute atomic E-state index is 0.0254. The number of carboxylic acid groups (broad SMARTS) is 1. The molecule has 0 radical (unpaired) electrons. The zero-order valence-corrected chi connectivity index (χ0v) is 10.1. The molecule has 0 spiro atoms. The third-order valence-electron chi connectivity index (χ3n) is 3.18. The largest absolute Gasteiger partial charge is 0.479 e. The normalized spacial score (nSPS) is 30.8. The molecule has 1 saturated heterocycles. The van der Waals surface area contributed by atoms with Gasteiger partial charge in [-0.2, -0.15) is 12.6 Å². The van der Waals surface area contributed by atoms with E-state index in [1.54, 1.807) is 0 Å². The smallest absolute Gasteiger partial charge is 0.332 e. The first-order valence-corrected chi connectivity index (χ1v) is 5.63. The van der Waals surface area contributed by atoms with Gasteiger partial charge in [-0.15, -0.1) is 0 Å². The van der Waals surface area contributed by atoms with E-state index in [2.05, 4.69) is 12.6 Å². The fourth-order valence-electron chi connectivity index (χ4n) is 2.49. The van der Waals surface area contributed by atoms with Gasteiger partial charge in [-0.3, -0.25) is 4.79 Å². The predicted octanol–water partition coefficient (Wildman–Crippen LogP) is -0.482. The number of aliphatic carboxylic acids is 1. The molecular formula is C10H13NO5S. The Hall–Kier alpha value is -1.37. The first-order valence-electron chi connectivity index (χ1n) is 4.99. The van der Waals surface area contributed by atoms with E-state index < -0.39 is 23.0 Å². The summed E-state index contributed by atoms with van der Waals surface area (Å²) in [6, 6.07) is 0. The quantitative estimate of drug-likeness (QED) is 0.382. The van der Waals surface area contributed by atoms with Gasteiger partial charge in [0.1, 0.15) is 18.1 Å². The van der Waals surface area contributed by atoms with Gasteiger partial charge >= 0.3 is 5.97 Å². The van der Waals surface area contributed by atoms with Crippen LogP contribution in [0.4, 0.5) is 0 Å². The van der Waals surface area contributed by atoms with Crippen molar-refractivity contribution >= 4 is 37.1 Å². The summed E-state index contributed by atoms with van der Waals surface area (Å²) >= 11 is 3.94. The van der Waals surface area contributed by atoms with Gasteiger partial charge < -0.3 is 19.6 Å². The number of hydrogen-bond donors (Lipinski definition) is 2. The summed E-state index contributed by atoms with van der Waals surface area (Å²) in [6.07, 6.45) is 0.543. The van der Waals surface area contributed by atoms with Crippen molar-refractivity contribution in [3.8, 4) is 0 Å². The fourth-order valence-corrected chi connectivity index (χ4v) is 2.81. The molecule has 0 bridgehead atoms. The molecule has 2 atom stereocenters. The van der Waals surface area contributed by atoms with E-state index in [0.29, 0.717) is 12.6 Å². The second-order valence-corrected chi connectivity index (χ2v) is 4.35. The van der Waals surface area contributed by atoms with Crippen molar-refractivity contribution in [1.82, 2.24) is 4.90 Å². The predicted molar refractivity (Wildman–Crippen MR) is 60.8 cm³/mol. The third-order valence-corrected chi connectivity index (χ3v) is 3.40. The van der Waals surface area contributed by atoms with Gasteiger partial charge in [-0.1, -0.05) is 0 Å². The van der Waals surface area contributed by atoms with Crippen LogP contribution in [0.1, 0.15) is 19.8 Å². The highest BCUT2D eigenvalue weighted by atomic mass is 32.1. The Morgan fingerprint density at radius 2 is 2.00 bits per heavy atom. The van der Waals surface area contributed by atoms with Crippen LogP contribution >= 0.6 is 12.6 Å². The highest BCUT2D eigenvalue weighted by Crippen LogP contribution is 2.55. The lowest BCUT2D eigenvalue weighted by Crippen LogP contribution is -2.36. The van der Waals surface area contributed by atoms with Gasteiger partial charge in [0.05, 0.1) is 0 Å². The zero-order chi connectivity index (χ0) is 13.3. The lowest BCUT2D eigenvalue weighted by molar-refractivity contribution is -0.144. The average molecular weight is 259 g/mol. The van der Waals surface area contributed by atoms with Crippen LogP contribution in [0.5, 0.6) is 0 Å². The van der Waals surface area contributed by atoms with Gasteiger partial charge in [0, 0.05) is 13.3 Å². The lowest BCUT2D eigenvalue weighted by atomic mass is 9.89. The van der Waals surface area contributed by atoms with Crippen LogP contribution in [0.25, 0.3) is 0 Å². The Morgan fingerprint density at radius 1 is 1.41 bits per heavy atom. The molecule has 0 aromatic carbocycles. The molecule has 94 valence electrons. The first-order chi connectivity index (χ1) is 7.94. The molecule has 0 unspecified atom stereocenters. The third kappa shape index (κ3) is 1.56. The van der Waals surface area contributed by atoms with Crippen LogP contribution in [0.3, 0.4) is 0 Å². The van der Waals surface area contributed by atoms with Crippen molar-refractivity contribution in [2.45, 2.75) is 30.8 Å². The summed E-state index contributed by atoms with van der Waals surface area (Å²) in [5.41, 5.74) is -3.17. The number of nitrogens with zero attached hydrogens (tertiary/aromatic N) is 1. The van der Waals surface area contributed by atoms with E-state index in [1.165, 1.54) is 6.92 Å². The van der Waals surface area contributed by atoms with Crippen LogP contribution in [0, 0.1) is 0 Å². The highest BCUT2D eigenvalue weighted by Gasteiger charge is 2.80. The summed E-state index contributed by atoms with van der Waals surface area (Å²) in [6.45, 7) is 1.17. The molecule has 1 rings (SSSR count). The van der Waals surface area contributed by atoms with Crippen LogP contribution in [0.2, 0.25) is 0 Å². The number of thiol groups is 1. The molecule has 1 N–H and O–H groups in total. The number of carboxylic acids is 1. The van der Waals surface area contributed by atoms with Gasteiger partial charge in [0.2, 0.25) is 5.91 Å². The fraction of sp³-hybridized carbons (Fsp3) is 0.600. The standard InChI is InChI=1S/C10H13NO5S/c1-7(14)11-9(6-13,2-4-12)10(11,3-5-17)8(15)16/h4,6,17H,2-3,5H2,1H3,(H,15,16)/t9-,10+,11?/m1/s1. The van der Waals surface area contributed by atoms with Crippen molar-refractivity contribution in [3.05, 3.63) is 0 Å². The molecule has 17 heavy (non-hydrogen) atoms. The number of carbonyl (C=O) groups is 4. The van der Waals surface area contributed by atoms with Crippen molar-refractivity contribution in [1.29, 1.82) is 0 Å². The Kier molecular flexibility index (Phi) is 3.61. The Balaban J connectivity index is 3.27. The molecule has 0 aliphatic carbocycles. The molecule has 0 aromatic heterocycles. The number of amides is 1. The summed E-state index contributed by atoms with van der Waals surface area (Å²) in [5, 5.41) is 9.24. The molecule has 0 saturated carbocycles. The molecule has 1 aliphatic rings. The van der Waals surface area contributed by atoms with Crippen molar-refractivity contribution in [2.24, 2.45) is 0 Å². The van der Waals surface area contributed by atoms with Crippen LogP contribution in [-0.2, 0) is 19.2 Å². The Morgan fingerprint density at radius 3 is 2.29 bits per heavy atom. The summed E-state index contributed by atoms with van der Waals surface area (Å²) in [4.78, 5) is 45.4. The first kappa shape index (κ1) is 13.7. The van der Waals surface area contributed by atoms with E-state index in [4.69, 9.17) is 0 Å². The summed E-state index contributed by atoms with van der Waals surface area (Å²) in [5.74, 6) is -1.62. The summed E-state index contributed by atoms with van der Waals surface area (Å²) < 4.78 is 0. The maximum Gasteiger partial charge on any atom is 0.332 e. The lowest BCUT2D eigenvalue weighted by Gasteiger charge is -2.10. The number of carbonyl (C=O) groups excluding carboxylic acids is 3. The highest BCUT2D eigenvalue weighted by molar-refractivity contribution is 7.80. The Labute approximate surface area is 103 Å². The second-order valence-electron chi connectivity index (χ2n) is 3.91. The van der Waals surface area contributed by atoms with E-state index >= 15 is 0 Å². The van der Waals surface area contributed by atoms with Crippen molar-refractivity contribution in [2.75, 3.05) is 5.75 Å². The molecule has 0 aromatic rings. The average Bonchev–Trinajstić information content (AvgIpc) is 2.84. The molecule has 1 fully saturated rings. The molecule has 1 heterocycles. The van der Waals surface area contributed by atoms with E-state index in [9.17, 15) is 24.3 Å². The topological polar surface area (TPSA) is 91.5 Å². The van der Waals surface area contributed by atoms with Crippen molar-refractivity contribution in [3.63, 3.8) is 0 Å². The summed E-state index contributed by atoms with van der Waals surface area (Å²) in [7, 11) is 0. The SMILES string of the molecule is CC(=O)N1[C@@](C=O)(CC=O)[C@]1(CCS)C(=O)O. The molecule has 6 nitrogen and oxygen atoms in total. The molecule has 1 aliphatic heterocycles. The molecule has 1 amide bonds. The van der Waals surface area contributed by atoms with Gasteiger partial charge in [0.25, 0.3) is 0 Å². The zero-order valence-electron chi connectivity index (χ0n) is 9.25. The second kappa shape index (κ2) is 4.48. The number of rotatable bonds is 6. The van der Waals surface area contributed by atoms with Gasteiger partial charge in [-0.05, 0) is 12.2 Å². The maximum absolute atomic E-state index is 11.4. The number of aldehydes is 2. The van der Waals surface area contributed by atoms with Crippen molar-refractivity contribution < 1.29 is 24.3 Å². The minimum atomic E-state index is -1.62. The monoisotopic (exact) mass is 259 g/mol. The van der Waals surface area contributed by atoms with Gasteiger partial charge in [-0.25, -0.2) is 4.79 Å². The van der Waals surface area contributed by atoms with E-state index in [1.807, 2.05) is 0 Å². The maximum atomic E-state index is 11.4. The van der Waals surface area contributed by atoms with E-state index in [0.717, 1.165) is 4.90 Å². The van der Waals surface area contributed by atoms with Gasteiger partial charge in [0.15, 0.2) is 5.54 Å². The van der Waals surface area contributed by atoms with Crippen LogP contribution in [-0.4, -0.2) is 51.3 Å². The molecule has 7 heteroatoms. The molecular weight excluding hydrogens is 246 g/mol. The van der Waals surface area contributed by atoms with Crippen LogP contribution in [0.15, 0.2) is 0 Å². The minimum Gasteiger partial charge on any atom is -0.479 e. The Bertz CT molecular complexity index is 385. The van der Waals surface area contributed by atoms with Crippen LogP contribution < -0.4 is 0 Å². The number of hydrogen-bond acceptors (Lipinski definition) is 5. The van der Waals surface area contributed by atoms with E-state index in [-0.39, 0.29) is 18.6 Å².